The van der Waals surface area contributed by atoms with E-state index in [1.54, 1.807) is 6.92 Å². The molecule has 0 unspecified atom stereocenters. The number of thioether (sulfide) groups is 1. The summed E-state index contributed by atoms with van der Waals surface area (Å²) in [6.45, 7) is 1.44. The molecule has 0 saturated carbocycles. The number of hydrogen-bond donors (Lipinski definition) is 1. The SMILES string of the molecule is C[C@@H](Sc1nc(-c2c(F)cccc2F)ns1)[C@](O)(Cn1cncn1)c1ccc(F)cc1F. The summed E-state index contributed by atoms with van der Waals surface area (Å²) in [6.07, 6.45) is 2.62. The van der Waals surface area contributed by atoms with Gasteiger partial charge in [-0.25, -0.2) is 32.2 Å². The molecule has 0 amide bonds. The van der Waals surface area contributed by atoms with Crippen LogP contribution in [-0.2, 0) is 12.1 Å². The van der Waals surface area contributed by atoms with Gasteiger partial charge in [0.2, 0.25) is 0 Å². The fourth-order valence-corrected chi connectivity index (χ4v) is 5.13. The van der Waals surface area contributed by atoms with Gasteiger partial charge in [-0.1, -0.05) is 23.9 Å². The zero-order valence-corrected chi connectivity index (χ0v) is 18.0. The van der Waals surface area contributed by atoms with E-state index in [0.717, 1.165) is 41.5 Å². The first-order valence-electron chi connectivity index (χ1n) is 9.23. The molecule has 2 atom stereocenters. The summed E-state index contributed by atoms with van der Waals surface area (Å²) < 4.78 is 61.8. The Morgan fingerprint density at radius 1 is 1.12 bits per heavy atom. The lowest BCUT2D eigenvalue weighted by atomic mass is 9.90. The van der Waals surface area contributed by atoms with Crippen LogP contribution in [0.25, 0.3) is 11.4 Å². The van der Waals surface area contributed by atoms with Gasteiger partial charge in [-0.2, -0.15) is 9.47 Å². The van der Waals surface area contributed by atoms with Crippen LogP contribution in [0.4, 0.5) is 17.6 Å². The molecule has 0 aliphatic carbocycles. The van der Waals surface area contributed by atoms with Crippen LogP contribution in [0.2, 0.25) is 0 Å². The van der Waals surface area contributed by atoms with Crippen molar-refractivity contribution in [1.82, 2.24) is 24.1 Å². The fourth-order valence-electron chi connectivity index (χ4n) is 3.15. The van der Waals surface area contributed by atoms with Crippen molar-refractivity contribution >= 4 is 23.3 Å². The minimum Gasteiger partial charge on any atom is -0.382 e. The van der Waals surface area contributed by atoms with E-state index in [1.807, 2.05) is 0 Å². The summed E-state index contributed by atoms with van der Waals surface area (Å²) in [5.74, 6) is -3.44. The van der Waals surface area contributed by atoms with E-state index in [-0.39, 0.29) is 23.5 Å². The third kappa shape index (κ3) is 4.38. The van der Waals surface area contributed by atoms with Crippen molar-refractivity contribution in [3.63, 3.8) is 0 Å². The normalized spacial score (nSPS) is 14.3. The largest absolute Gasteiger partial charge is 0.382 e. The van der Waals surface area contributed by atoms with Crippen LogP contribution >= 0.6 is 23.3 Å². The summed E-state index contributed by atoms with van der Waals surface area (Å²) in [5.41, 5.74) is -2.35. The number of hydrogen-bond acceptors (Lipinski definition) is 7. The topological polar surface area (TPSA) is 76.7 Å². The molecule has 0 radical (unpaired) electrons. The minimum absolute atomic E-state index is 0.131. The Morgan fingerprint density at radius 3 is 2.53 bits per heavy atom. The highest BCUT2D eigenvalue weighted by atomic mass is 32.2. The highest BCUT2D eigenvalue weighted by Gasteiger charge is 2.40. The maximum Gasteiger partial charge on any atom is 0.179 e. The predicted molar refractivity (Wildman–Crippen MR) is 111 cm³/mol. The van der Waals surface area contributed by atoms with E-state index in [9.17, 15) is 22.7 Å². The molecule has 4 aromatic rings. The van der Waals surface area contributed by atoms with Gasteiger partial charge in [-0.15, -0.1) is 0 Å². The number of rotatable bonds is 7. The van der Waals surface area contributed by atoms with Crippen LogP contribution < -0.4 is 0 Å². The first-order chi connectivity index (χ1) is 15.3. The van der Waals surface area contributed by atoms with Crippen LogP contribution in [0.5, 0.6) is 0 Å². The molecule has 0 spiro atoms. The van der Waals surface area contributed by atoms with E-state index < -0.39 is 34.1 Å². The Morgan fingerprint density at radius 2 is 1.88 bits per heavy atom. The zero-order chi connectivity index (χ0) is 22.9. The van der Waals surface area contributed by atoms with Gasteiger partial charge in [-0.3, -0.25) is 0 Å². The quantitative estimate of drug-likeness (QED) is 0.311. The Bertz CT molecular complexity index is 1220. The molecule has 1 N–H and O–H groups in total. The van der Waals surface area contributed by atoms with E-state index in [2.05, 4.69) is 19.4 Å². The third-order valence-electron chi connectivity index (χ3n) is 4.81. The van der Waals surface area contributed by atoms with E-state index in [0.29, 0.717) is 10.4 Å². The zero-order valence-electron chi connectivity index (χ0n) is 16.4. The van der Waals surface area contributed by atoms with Crippen molar-refractivity contribution in [2.24, 2.45) is 0 Å². The highest BCUT2D eigenvalue weighted by molar-refractivity contribution is 8.01. The van der Waals surface area contributed by atoms with Gasteiger partial charge in [0.1, 0.15) is 41.5 Å². The second-order valence-corrected chi connectivity index (χ2v) is 9.22. The standard InChI is InChI=1S/C20H15F4N5OS2/c1-11(31-19-27-18(28-32-19)17-14(22)3-2-4-15(17)23)20(30,8-29-10-25-9-26-29)13-6-5-12(21)7-16(13)24/h2-7,9-11,30H,8H2,1H3/t11-,20-/m1/s1. The molecule has 12 heteroatoms. The smallest absolute Gasteiger partial charge is 0.179 e. The number of halogens is 4. The van der Waals surface area contributed by atoms with E-state index in [1.165, 1.54) is 29.5 Å². The lowest BCUT2D eigenvalue weighted by molar-refractivity contribution is 0.0133. The van der Waals surface area contributed by atoms with Crippen LogP contribution in [0.3, 0.4) is 0 Å². The fraction of sp³-hybridized carbons (Fsp3) is 0.200. The van der Waals surface area contributed by atoms with Crippen molar-refractivity contribution in [1.29, 1.82) is 0 Å². The van der Waals surface area contributed by atoms with Gasteiger partial charge < -0.3 is 5.11 Å². The maximum atomic E-state index is 14.6. The molecule has 0 aliphatic rings. The maximum absolute atomic E-state index is 14.6. The van der Waals surface area contributed by atoms with E-state index in [4.69, 9.17) is 0 Å². The van der Waals surface area contributed by atoms with Gasteiger partial charge >= 0.3 is 0 Å². The monoisotopic (exact) mass is 481 g/mol. The summed E-state index contributed by atoms with van der Waals surface area (Å²) in [6, 6.07) is 6.33. The van der Waals surface area contributed by atoms with E-state index >= 15 is 0 Å². The summed E-state index contributed by atoms with van der Waals surface area (Å²) in [5, 5.41) is 14.7. The molecule has 2 aromatic heterocycles. The van der Waals surface area contributed by atoms with Crippen molar-refractivity contribution in [2.45, 2.75) is 28.7 Å². The number of aliphatic hydroxyl groups is 1. The van der Waals surface area contributed by atoms with Crippen LogP contribution in [0.1, 0.15) is 12.5 Å². The molecule has 0 saturated heterocycles. The second kappa shape index (κ2) is 8.96. The number of nitrogens with zero attached hydrogens (tertiary/aromatic N) is 5. The summed E-state index contributed by atoms with van der Waals surface area (Å²) in [7, 11) is 0. The van der Waals surface area contributed by atoms with Crippen molar-refractivity contribution < 1.29 is 22.7 Å². The van der Waals surface area contributed by atoms with Gasteiger partial charge in [0.25, 0.3) is 0 Å². The summed E-state index contributed by atoms with van der Waals surface area (Å²) in [4.78, 5) is 8.00. The van der Waals surface area contributed by atoms with Crippen molar-refractivity contribution in [3.8, 4) is 11.4 Å². The molecule has 6 nitrogen and oxygen atoms in total. The lowest BCUT2D eigenvalue weighted by Gasteiger charge is -2.33. The molecular formula is C20H15F4N5OS2. The molecular weight excluding hydrogens is 466 g/mol. The van der Waals surface area contributed by atoms with Crippen molar-refractivity contribution in [3.05, 3.63) is 77.9 Å². The highest BCUT2D eigenvalue weighted by Crippen LogP contribution is 2.40. The molecule has 0 bridgehead atoms. The molecule has 4 rings (SSSR count). The number of benzene rings is 2. The van der Waals surface area contributed by atoms with Crippen LogP contribution in [-0.4, -0.2) is 34.5 Å². The third-order valence-corrected chi connectivity index (χ3v) is 6.87. The van der Waals surface area contributed by atoms with Crippen LogP contribution in [0, 0.1) is 23.3 Å². The predicted octanol–water partition coefficient (Wildman–Crippen LogP) is 4.42. The van der Waals surface area contributed by atoms with Crippen LogP contribution in [0.15, 0.2) is 53.4 Å². The first kappa shape index (κ1) is 22.4. The first-order valence-corrected chi connectivity index (χ1v) is 10.9. The molecule has 166 valence electrons. The molecule has 32 heavy (non-hydrogen) atoms. The summed E-state index contributed by atoms with van der Waals surface area (Å²) >= 11 is 1.92. The molecule has 2 heterocycles. The Labute approximate surface area is 188 Å². The van der Waals surface area contributed by atoms with Gasteiger partial charge in [0.15, 0.2) is 10.2 Å². The van der Waals surface area contributed by atoms with Gasteiger partial charge in [-0.05, 0) is 36.7 Å². The molecule has 2 aromatic carbocycles. The average molecular weight is 482 g/mol. The lowest BCUT2D eigenvalue weighted by Crippen LogP contribution is -2.41. The van der Waals surface area contributed by atoms with Gasteiger partial charge in [0, 0.05) is 16.9 Å². The van der Waals surface area contributed by atoms with Crippen molar-refractivity contribution in [2.75, 3.05) is 0 Å². The average Bonchev–Trinajstić information content (AvgIpc) is 3.40. The Hall–Kier alpha value is -2.83. The molecule has 0 fully saturated rings. The van der Waals surface area contributed by atoms with Gasteiger partial charge in [0.05, 0.1) is 12.1 Å². The number of aromatic nitrogens is 5. The molecule has 0 aliphatic heterocycles. The Balaban J connectivity index is 1.66. The Kier molecular flexibility index (Phi) is 6.26. The second-order valence-electron chi connectivity index (χ2n) is 6.88. The minimum atomic E-state index is -1.86.